The second-order valence-corrected chi connectivity index (χ2v) is 6.30. The molecule has 2 heterocycles. The van der Waals surface area contributed by atoms with Crippen LogP contribution in [0.1, 0.15) is 21.5 Å². The van der Waals surface area contributed by atoms with Gasteiger partial charge in [0.25, 0.3) is 5.91 Å². The Hall–Kier alpha value is -3.92. The van der Waals surface area contributed by atoms with Crippen molar-refractivity contribution >= 4 is 22.5 Å². The number of carbonyl (C=O) groups excluding carboxylic acids is 1. The number of rotatable bonds is 3. The molecule has 0 radical (unpaired) electrons. The van der Waals surface area contributed by atoms with Gasteiger partial charge in [-0.1, -0.05) is 6.07 Å². The lowest BCUT2D eigenvalue weighted by atomic mass is 10.0. The Kier molecular flexibility index (Phi) is 3.94. The van der Waals surface area contributed by atoms with Gasteiger partial charge in [-0.3, -0.25) is 9.48 Å². The molecular formula is C20H16N6O. The Labute approximate surface area is 155 Å². The van der Waals surface area contributed by atoms with Crippen LogP contribution in [-0.2, 0) is 7.05 Å². The molecule has 132 valence electrons. The SMILES string of the molecule is Cc1ccc(C#N)cc1C(=O)Nc1ccc2cnn(-c3cnn(C)c3)c2c1. The third-order valence-electron chi connectivity index (χ3n) is 4.38. The standard InChI is InChI=1S/C20H16N6O/c1-13-3-4-14(9-21)7-18(13)20(27)24-16-6-5-15-10-23-26(19(15)8-16)17-11-22-25(2)12-17/h3-8,10-12H,1-2H3,(H,24,27). The molecule has 0 unspecified atom stereocenters. The lowest BCUT2D eigenvalue weighted by molar-refractivity contribution is 0.102. The van der Waals surface area contributed by atoms with Gasteiger partial charge < -0.3 is 5.32 Å². The number of amides is 1. The van der Waals surface area contributed by atoms with E-state index in [1.807, 2.05) is 38.4 Å². The molecule has 7 heteroatoms. The number of nitrogens with zero attached hydrogens (tertiary/aromatic N) is 5. The quantitative estimate of drug-likeness (QED) is 0.610. The molecule has 27 heavy (non-hydrogen) atoms. The molecular weight excluding hydrogens is 340 g/mol. The number of aryl methyl sites for hydroxylation is 2. The molecule has 0 aliphatic rings. The summed E-state index contributed by atoms with van der Waals surface area (Å²) in [5.41, 5.74) is 4.11. The van der Waals surface area contributed by atoms with Crippen molar-refractivity contribution in [3.63, 3.8) is 0 Å². The van der Waals surface area contributed by atoms with Gasteiger partial charge in [0.15, 0.2) is 0 Å². The Morgan fingerprint density at radius 3 is 2.74 bits per heavy atom. The molecule has 7 nitrogen and oxygen atoms in total. The van der Waals surface area contributed by atoms with E-state index in [1.54, 1.807) is 40.0 Å². The summed E-state index contributed by atoms with van der Waals surface area (Å²) in [7, 11) is 1.85. The Morgan fingerprint density at radius 2 is 2.00 bits per heavy atom. The van der Waals surface area contributed by atoms with Crippen LogP contribution >= 0.6 is 0 Å². The lowest BCUT2D eigenvalue weighted by Crippen LogP contribution is -2.13. The first-order valence-electron chi connectivity index (χ1n) is 8.34. The highest BCUT2D eigenvalue weighted by atomic mass is 16.1. The van der Waals surface area contributed by atoms with E-state index in [0.29, 0.717) is 16.8 Å². The normalized spacial score (nSPS) is 10.7. The molecule has 2 aromatic heterocycles. The minimum absolute atomic E-state index is 0.253. The summed E-state index contributed by atoms with van der Waals surface area (Å²) >= 11 is 0. The fraction of sp³-hybridized carbons (Fsp3) is 0.100. The molecule has 0 bridgehead atoms. The van der Waals surface area contributed by atoms with Crippen LogP contribution in [0.3, 0.4) is 0 Å². The summed E-state index contributed by atoms with van der Waals surface area (Å²) in [6.45, 7) is 1.84. The van der Waals surface area contributed by atoms with E-state index in [1.165, 1.54) is 0 Å². The number of hydrogen-bond donors (Lipinski definition) is 1. The molecule has 0 saturated heterocycles. The number of nitrogens with one attached hydrogen (secondary N) is 1. The molecule has 2 aromatic carbocycles. The minimum Gasteiger partial charge on any atom is -0.322 e. The van der Waals surface area contributed by atoms with Crippen molar-refractivity contribution in [2.24, 2.45) is 7.05 Å². The second-order valence-electron chi connectivity index (χ2n) is 6.30. The van der Waals surface area contributed by atoms with Gasteiger partial charge in [-0.25, -0.2) is 4.68 Å². The first kappa shape index (κ1) is 16.5. The fourth-order valence-electron chi connectivity index (χ4n) is 2.95. The zero-order valence-electron chi connectivity index (χ0n) is 14.8. The average molecular weight is 356 g/mol. The Bertz CT molecular complexity index is 1210. The van der Waals surface area contributed by atoms with Gasteiger partial charge in [0.2, 0.25) is 0 Å². The smallest absolute Gasteiger partial charge is 0.255 e. The van der Waals surface area contributed by atoms with Crippen LogP contribution in [0.25, 0.3) is 16.6 Å². The van der Waals surface area contributed by atoms with Crippen molar-refractivity contribution in [3.05, 3.63) is 71.7 Å². The fourth-order valence-corrected chi connectivity index (χ4v) is 2.95. The van der Waals surface area contributed by atoms with Crippen molar-refractivity contribution in [3.8, 4) is 11.8 Å². The minimum atomic E-state index is -0.253. The van der Waals surface area contributed by atoms with Crippen LogP contribution in [0.4, 0.5) is 5.69 Å². The molecule has 4 aromatic rings. The first-order chi connectivity index (χ1) is 13.0. The molecule has 0 spiro atoms. The number of hydrogen-bond acceptors (Lipinski definition) is 4. The molecule has 0 aliphatic heterocycles. The largest absolute Gasteiger partial charge is 0.322 e. The maximum atomic E-state index is 12.7. The summed E-state index contributed by atoms with van der Waals surface area (Å²) in [5, 5.41) is 21.5. The van der Waals surface area contributed by atoms with Crippen LogP contribution < -0.4 is 5.32 Å². The highest BCUT2D eigenvalue weighted by molar-refractivity contribution is 6.06. The van der Waals surface area contributed by atoms with E-state index in [2.05, 4.69) is 21.6 Å². The van der Waals surface area contributed by atoms with Crippen LogP contribution in [0.2, 0.25) is 0 Å². The topological polar surface area (TPSA) is 88.5 Å². The maximum absolute atomic E-state index is 12.7. The highest BCUT2D eigenvalue weighted by Gasteiger charge is 2.12. The van der Waals surface area contributed by atoms with Crippen LogP contribution in [0.5, 0.6) is 0 Å². The van der Waals surface area contributed by atoms with Gasteiger partial charge in [-0.05, 0) is 42.8 Å². The van der Waals surface area contributed by atoms with E-state index in [0.717, 1.165) is 22.2 Å². The summed E-state index contributed by atoms with van der Waals surface area (Å²) in [6, 6.07) is 12.7. The molecule has 1 N–H and O–H groups in total. The van der Waals surface area contributed by atoms with Gasteiger partial charge in [0.1, 0.15) is 5.69 Å². The lowest BCUT2D eigenvalue weighted by Gasteiger charge is -2.09. The van der Waals surface area contributed by atoms with Crippen molar-refractivity contribution in [2.75, 3.05) is 5.32 Å². The monoisotopic (exact) mass is 356 g/mol. The van der Waals surface area contributed by atoms with E-state index in [4.69, 9.17) is 5.26 Å². The highest BCUT2D eigenvalue weighted by Crippen LogP contribution is 2.23. The van der Waals surface area contributed by atoms with Crippen LogP contribution in [0.15, 0.2) is 55.0 Å². The molecule has 1 amide bonds. The second kappa shape index (κ2) is 6.42. The zero-order valence-corrected chi connectivity index (χ0v) is 14.8. The number of aromatic nitrogens is 4. The summed E-state index contributed by atoms with van der Waals surface area (Å²) in [4.78, 5) is 12.7. The number of anilines is 1. The number of benzene rings is 2. The van der Waals surface area contributed by atoms with Gasteiger partial charge in [0.05, 0.1) is 35.7 Å². The van der Waals surface area contributed by atoms with E-state index in [-0.39, 0.29) is 5.91 Å². The van der Waals surface area contributed by atoms with Crippen molar-refractivity contribution in [1.29, 1.82) is 5.26 Å². The number of fused-ring (bicyclic) bond motifs is 1. The van der Waals surface area contributed by atoms with Gasteiger partial charge in [0, 0.05) is 23.7 Å². The summed E-state index contributed by atoms with van der Waals surface area (Å²) in [5.74, 6) is -0.253. The number of carbonyl (C=O) groups is 1. The molecule has 0 fully saturated rings. The van der Waals surface area contributed by atoms with Crippen molar-refractivity contribution < 1.29 is 4.79 Å². The average Bonchev–Trinajstić information content (AvgIpc) is 3.27. The van der Waals surface area contributed by atoms with Crippen LogP contribution in [-0.4, -0.2) is 25.5 Å². The molecule has 0 saturated carbocycles. The van der Waals surface area contributed by atoms with E-state index < -0.39 is 0 Å². The molecule has 0 aliphatic carbocycles. The predicted octanol–water partition coefficient (Wildman–Crippen LogP) is 3.19. The predicted molar refractivity (Wildman–Crippen MR) is 102 cm³/mol. The van der Waals surface area contributed by atoms with E-state index in [9.17, 15) is 4.79 Å². The van der Waals surface area contributed by atoms with Gasteiger partial charge in [-0.2, -0.15) is 15.5 Å². The molecule has 0 atom stereocenters. The summed E-state index contributed by atoms with van der Waals surface area (Å²) in [6.07, 6.45) is 5.37. The van der Waals surface area contributed by atoms with E-state index >= 15 is 0 Å². The molecule has 4 rings (SSSR count). The number of nitriles is 1. The van der Waals surface area contributed by atoms with Crippen molar-refractivity contribution in [2.45, 2.75) is 6.92 Å². The van der Waals surface area contributed by atoms with Gasteiger partial charge >= 0.3 is 0 Å². The third-order valence-corrected chi connectivity index (χ3v) is 4.38. The zero-order chi connectivity index (χ0) is 19.0. The third kappa shape index (κ3) is 3.04. The first-order valence-corrected chi connectivity index (χ1v) is 8.34. The Balaban J connectivity index is 1.69. The summed E-state index contributed by atoms with van der Waals surface area (Å²) < 4.78 is 3.49. The maximum Gasteiger partial charge on any atom is 0.255 e. The van der Waals surface area contributed by atoms with Crippen molar-refractivity contribution in [1.82, 2.24) is 19.6 Å². The van der Waals surface area contributed by atoms with Crippen LogP contribution in [0, 0.1) is 18.3 Å². The Morgan fingerprint density at radius 1 is 1.15 bits per heavy atom. The van der Waals surface area contributed by atoms with Gasteiger partial charge in [-0.15, -0.1) is 0 Å².